The van der Waals surface area contributed by atoms with E-state index < -0.39 is 0 Å². The van der Waals surface area contributed by atoms with Gasteiger partial charge in [0.25, 0.3) is 0 Å². The molecule has 1 saturated carbocycles. The lowest BCUT2D eigenvalue weighted by molar-refractivity contribution is -0.140. The van der Waals surface area contributed by atoms with Gasteiger partial charge in [0.1, 0.15) is 6.10 Å². The number of thiazole rings is 1. The zero-order valence-corrected chi connectivity index (χ0v) is 22.3. The van der Waals surface area contributed by atoms with E-state index in [0.29, 0.717) is 22.5 Å². The first kappa shape index (κ1) is 25.5. The van der Waals surface area contributed by atoms with Crippen molar-refractivity contribution in [2.75, 3.05) is 57.9 Å². The summed E-state index contributed by atoms with van der Waals surface area (Å²) in [6.45, 7) is 7.50. The van der Waals surface area contributed by atoms with E-state index in [0.717, 1.165) is 94.3 Å². The van der Waals surface area contributed by atoms with Crippen LogP contribution in [0.1, 0.15) is 31.2 Å². The zero-order valence-electron chi connectivity index (χ0n) is 21.5. The monoisotopic (exact) mass is 538 g/mol. The van der Waals surface area contributed by atoms with E-state index in [9.17, 15) is 0 Å². The predicted molar refractivity (Wildman–Crippen MR) is 143 cm³/mol. The summed E-state index contributed by atoms with van der Waals surface area (Å²) in [4.78, 5) is 28.0. The molecule has 0 aromatic carbocycles. The molecule has 0 unspecified atom stereocenters. The van der Waals surface area contributed by atoms with Crippen molar-refractivity contribution >= 4 is 22.4 Å². The number of nitrogens with zero attached hydrogens (tertiary/aromatic N) is 7. The highest BCUT2D eigenvalue weighted by molar-refractivity contribution is 7.18. The molecular weight excluding hydrogens is 504 g/mol. The lowest BCUT2D eigenvalue weighted by Gasteiger charge is -2.45. The van der Waals surface area contributed by atoms with Crippen LogP contribution in [0.3, 0.4) is 0 Å². The molecule has 1 aliphatic carbocycles. The van der Waals surface area contributed by atoms with Crippen LogP contribution >= 0.6 is 11.3 Å². The number of anilines is 2. The van der Waals surface area contributed by atoms with Gasteiger partial charge >= 0.3 is 6.01 Å². The average Bonchev–Trinajstić information content (AvgIpc) is 3.39. The summed E-state index contributed by atoms with van der Waals surface area (Å²) in [5.41, 5.74) is 2.26. The van der Waals surface area contributed by atoms with E-state index in [1.165, 1.54) is 11.3 Å². The smallest absolute Gasteiger partial charge is 0.317 e. The van der Waals surface area contributed by atoms with Crippen LogP contribution < -0.4 is 10.1 Å². The van der Waals surface area contributed by atoms with Crippen molar-refractivity contribution in [3.05, 3.63) is 36.4 Å². The minimum atomic E-state index is 0.158. The third-order valence-electron chi connectivity index (χ3n) is 7.68. The maximum Gasteiger partial charge on any atom is 0.317 e. The lowest BCUT2D eigenvalue weighted by Crippen LogP contribution is -2.46. The van der Waals surface area contributed by atoms with E-state index >= 15 is 0 Å². The Hall–Kier alpha value is -2.77. The van der Waals surface area contributed by atoms with Crippen molar-refractivity contribution in [3.8, 4) is 16.6 Å². The van der Waals surface area contributed by atoms with E-state index in [-0.39, 0.29) is 12.7 Å². The van der Waals surface area contributed by atoms with Gasteiger partial charge in [0.15, 0.2) is 5.13 Å². The second kappa shape index (κ2) is 11.5. The minimum absolute atomic E-state index is 0.158. The number of rotatable bonds is 9. The average molecular weight is 539 g/mol. The van der Waals surface area contributed by atoms with Gasteiger partial charge in [0.05, 0.1) is 30.4 Å². The van der Waals surface area contributed by atoms with Crippen LogP contribution in [0.2, 0.25) is 0 Å². The Labute approximate surface area is 226 Å². The third kappa shape index (κ3) is 6.10. The summed E-state index contributed by atoms with van der Waals surface area (Å²) in [7, 11) is 0. The van der Waals surface area contributed by atoms with Crippen LogP contribution in [-0.4, -0.2) is 98.5 Å². The molecule has 12 heteroatoms. The van der Waals surface area contributed by atoms with E-state index in [1.54, 1.807) is 12.4 Å². The van der Waals surface area contributed by atoms with E-state index in [2.05, 4.69) is 40.0 Å². The topological polar surface area (TPSA) is 122 Å². The maximum absolute atomic E-state index is 9.10. The Balaban J connectivity index is 1.01. The molecule has 2 aliphatic heterocycles. The number of aliphatic hydroxyl groups is 1. The molecule has 2 saturated heterocycles. The molecule has 0 amide bonds. The molecule has 5 heterocycles. The number of hydrogen-bond acceptors (Lipinski definition) is 12. The molecule has 0 atom stereocenters. The molecule has 0 bridgehead atoms. The summed E-state index contributed by atoms with van der Waals surface area (Å²) in [6, 6.07) is 2.30. The minimum Gasteiger partial charge on any atom is -0.460 e. The van der Waals surface area contributed by atoms with E-state index in [1.807, 2.05) is 18.5 Å². The Morgan fingerprint density at radius 2 is 1.79 bits per heavy atom. The third-order valence-corrected chi connectivity index (χ3v) is 8.62. The first-order valence-corrected chi connectivity index (χ1v) is 14.2. The Bertz CT molecular complexity index is 1190. The predicted octanol–water partition coefficient (Wildman–Crippen LogP) is 2.58. The van der Waals surface area contributed by atoms with Gasteiger partial charge in [0, 0.05) is 75.0 Å². The van der Waals surface area contributed by atoms with Gasteiger partial charge in [-0.25, -0.2) is 19.9 Å². The largest absolute Gasteiger partial charge is 0.460 e. The Kier molecular flexibility index (Phi) is 7.75. The quantitative estimate of drug-likeness (QED) is 0.418. The van der Waals surface area contributed by atoms with Gasteiger partial charge in [-0.1, -0.05) is 11.3 Å². The first-order chi connectivity index (χ1) is 18.7. The summed E-state index contributed by atoms with van der Waals surface area (Å²) in [6.07, 6.45) is 11.8. The molecule has 2 N–H and O–H groups in total. The van der Waals surface area contributed by atoms with Crippen LogP contribution in [-0.2, 0) is 11.3 Å². The summed E-state index contributed by atoms with van der Waals surface area (Å²) in [5, 5.41) is 13.0. The SMILES string of the molecule is OCCN1CCN(Cc2cnc(Nc3ncc(-c4ccnc(OC5CCC6(CC5)COC6)n4)s3)nc2)CC1. The van der Waals surface area contributed by atoms with Gasteiger partial charge in [-0.15, -0.1) is 0 Å². The van der Waals surface area contributed by atoms with Crippen molar-refractivity contribution in [1.82, 2.24) is 34.7 Å². The van der Waals surface area contributed by atoms with Crippen molar-refractivity contribution in [3.63, 3.8) is 0 Å². The molecule has 3 aromatic rings. The number of aliphatic hydroxyl groups excluding tert-OH is 1. The molecule has 3 aliphatic rings. The summed E-state index contributed by atoms with van der Waals surface area (Å²) < 4.78 is 11.6. The fourth-order valence-corrected chi connectivity index (χ4v) is 6.08. The first-order valence-electron chi connectivity index (χ1n) is 13.3. The maximum atomic E-state index is 9.10. The summed E-state index contributed by atoms with van der Waals surface area (Å²) in [5.74, 6) is 0.515. The fraction of sp³-hybridized carbons (Fsp3) is 0.577. The van der Waals surface area contributed by atoms with Gasteiger partial charge in [-0.3, -0.25) is 9.80 Å². The highest BCUT2D eigenvalue weighted by Gasteiger charge is 2.42. The van der Waals surface area contributed by atoms with Crippen LogP contribution in [0.4, 0.5) is 11.1 Å². The van der Waals surface area contributed by atoms with Crippen molar-refractivity contribution in [2.45, 2.75) is 38.3 Å². The normalized spacial score (nSPS) is 20.3. The molecule has 1 spiro atoms. The second-order valence-corrected chi connectivity index (χ2v) is 11.5. The Morgan fingerprint density at radius 1 is 1.03 bits per heavy atom. The lowest BCUT2D eigenvalue weighted by atomic mass is 9.72. The molecule has 202 valence electrons. The van der Waals surface area contributed by atoms with Crippen molar-refractivity contribution in [2.24, 2.45) is 5.41 Å². The molecule has 0 radical (unpaired) electrons. The van der Waals surface area contributed by atoms with Crippen molar-refractivity contribution < 1.29 is 14.6 Å². The fourth-order valence-electron chi connectivity index (χ4n) is 5.30. The number of aromatic nitrogens is 5. The second-order valence-electron chi connectivity index (χ2n) is 10.4. The van der Waals surface area contributed by atoms with Crippen molar-refractivity contribution in [1.29, 1.82) is 0 Å². The molecule has 3 fully saturated rings. The number of nitrogens with one attached hydrogen (secondary N) is 1. The van der Waals surface area contributed by atoms with Crippen LogP contribution in [0.15, 0.2) is 30.9 Å². The Morgan fingerprint density at radius 3 is 2.50 bits per heavy atom. The molecule has 3 aromatic heterocycles. The molecule has 6 rings (SSSR count). The standard InChI is InChI=1S/C26H34N8O3S/c35-12-11-33-7-9-34(10-8-33)16-19-13-28-23(29-14-19)32-25-30-15-22(38-25)21-3-6-27-24(31-21)37-20-1-4-26(5-2-20)17-36-18-26/h3,6,13-15,20,35H,1-2,4-5,7-12,16-18H2,(H,28,29,30,32). The van der Waals surface area contributed by atoms with Gasteiger partial charge in [-0.05, 0) is 31.7 Å². The van der Waals surface area contributed by atoms with Gasteiger partial charge in [-0.2, -0.15) is 4.98 Å². The molecule has 11 nitrogen and oxygen atoms in total. The number of piperazine rings is 1. The van der Waals surface area contributed by atoms with Crippen LogP contribution in [0, 0.1) is 5.41 Å². The molecular formula is C26H34N8O3S. The van der Waals surface area contributed by atoms with Crippen LogP contribution in [0.5, 0.6) is 6.01 Å². The summed E-state index contributed by atoms with van der Waals surface area (Å²) >= 11 is 1.49. The molecule has 38 heavy (non-hydrogen) atoms. The highest BCUT2D eigenvalue weighted by Crippen LogP contribution is 2.43. The number of β-amino-alcohol motifs (C(OH)–C–C–N with tert-alkyl or cyclic N) is 1. The zero-order chi connectivity index (χ0) is 25.8. The van der Waals surface area contributed by atoms with E-state index in [4.69, 9.17) is 14.6 Å². The van der Waals surface area contributed by atoms with Gasteiger partial charge in [0.2, 0.25) is 5.95 Å². The highest BCUT2D eigenvalue weighted by atomic mass is 32.1. The van der Waals surface area contributed by atoms with Gasteiger partial charge < -0.3 is 19.9 Å². The number of hydrogen-bond donors (Lipinski definition) is 2. The van der Waals surface area contributed by atoms with Crippen LogP contribution in [0.25, 0.3) is 10.6 Å². The number of ether oxygens (including phenoxy) is 2.